The molecule has 0 fully saturated rings. The van der Waals surface area contributed by atoms with Gasteiger partial charge in [-0.25, -0.2) is 0 Å². The molecule has 2 aromatic carbocycles. The fourth-order valence-electron chi connectivity index (χ4n) is 2.85. The monoisotopic (exact) mass is 404 g/mol. The molecule has 0 heterocycles. The van der Waals surface area contributed by atoms with Crippen LogP contribution in [0.1, 0.15) is 42.5 Å². The lowest BCUT2D eigenvalue weighted by Gasteiger charge is -2.21. The molecule has 0 saturated carbocycles. The maximum Gasteiger partial charge on any atom is 0.417 e. The molecule has 154 valence electrons. The van der Waals surface area contributed by atoms with Crippen LogP contribution in [0.5, 0.6) is 5.75 Å². The molecule has 1 amide bonds. The van der Waals surface area contributed by atoms with Crippen LogP contribution in [0.3, 0.4) is 0 Å². The number of benzene rings is 2. The Hall–Kier alpha value is -3.01. The summed E-state index contributed by atoms with van der Waals surface area (Å²) in [6.07, 6.45) is -5.30. The lowest BCUT2D eigenvalue weighted by molar-refractivity contribution is -0.137. The van der Waals surface area contributed by atoms with Crippen molar-refractivity contribution >= 4 is 5.91 Å². The first-order valence-electron chi connectivity index (χ1n) is 9.21. The van der Waals surface area contributed by atoms with Crippen LogP contribution in [0.2, 0.25) is 0 Å². The number of halogens is 3. The highest BCUT2D eigenvalue weighted by molar-refractivity contribution is 5.81. The van der Waals surface area contributed by atoms with Gasteiger partial charge in [0, 0.05) is 6.54 Å². The minimum atomic E-state index is -4.69. The zero-order chi connectivity index (χ0) is 21.6. The van der Waals surface area contributed by atoms with Crippen molar-refractivity contribution in [3.8, 4) is 11.8 Å². The van der Waals surface area contributed by atoms with E-state index in [1.165, 1.54) is 12.1 Å². The first kappa shape index (κ1) is 22.3. The summed E-state index contributed by atoms with van der Waals surface area (Å²) in [7, 11) is 0. The number of amides is 1. The fourth-order valence-corrected chi connectivity index (χ4v) is 2.85. The highest BCUT2D eigenvalue weighted by atomic mass is 19.4. The van der Waals surface area contributed by atoms with Crippen LogP contribution in [0, 0.1) is 24.2 Å². The van der Waals surface area contributed by atoms with Crippen molar-refractivity contribution in [1.29, 1.82) is 5.26 Å². The molecule has 2 aromatic rings. The quantitative estimate of drug-likeness (QED) is 0.707. The molecule has 0 radical (unpaired) electrons. The average molecular weight is 404 g/mol. The molecular weight excluding hydrogens is 381 g/mol. The standard InChI is InChI=1S/C22H23F3N2O2/c1-14(2)9-20(21(28)27-13-16-6-4-5-15(3)10-16)29-18-8-7-17(12-26)19(11-18)22(23,24)25/h4-8,10-11,14,20H,9,13H2,1-3H3,(H,27,28). The van der Waals surface area contributed by atoms with Gasteiger partial charge in [0.25, 0.3) is 5.91 Å². The fraction of sp³-hybridized carbons (Fsp3) is 0.364. The third kappa shape index (κ3) is 6.53. The molecule has 0 saturated heterocycles. The van der Waals surface area contributed by atoms with Crippen LogP contribution in [0.25, 0.3) is 0 Å². The summed E-state index contributed by atoms with van der Waals surface area (Å²) in [4.78, 5) is 12.6. The van der Waals surface area contributed by atoms with Gasteiger partial charge in [-0.05, 0) is 43.0 Å². The molecule has 2 rings (SSSR count). The van der Waals surface area contributed by atoms with Gasteiger partial charge in [0.1, 0.15) is 5.75 Å². The van der Waals surface area contributed by atoms with Crippen molar-refractivity contribution in [2.24, 2.45) is 5.92 Å². The van der Waals surface area contributed by atoms with E-state index in [0.717, 1.165) is 23.3 Å². The third-order valence-corrected chi connectivity index (χ3v) is 4.22. The molecule has 0 aromatic heterocycles. The molecule has 0 aliphatic heterocycles. The first-order chi connectivity index (χ1) is 13.6. The van der Waals surface area contributed by atoms with Crippen molar-refractivity contribution in [2.45, 2.75) is 46.0 Å². The molecular formula is C22H23F3N2O2. The van der Waals surface area contributed by atoms with E-state index in [1.807, 2.05) is 45.0 Å². The number of aryl methyl sites for hydroxylation is 1. The van der Waals surface area contributed by atoms with E-state index in [0.29, 0.717) is 13.0 Å². The number of nitrogens with zero attached hydrogens (tertiary/aromatic N) is 1. The Kier molecular flexibility index (Phi) is 7.27. The Morgan fingerprint density at radius 1 is 1.21 bits per heavy atom. The van der Waals surface area contributed by atoms with Gasteiger partial charge < -0.3 is 10.1 Å². The van der Waals surface area contributed by atoms with Gasteiger partial charge in [-0.1, -0.05) is 43.7 Å². The van der Waals surface area contributed by atoms with Crippen molar-refractivity contribution in [3.63, 3.8) is 0 Å². The number of hydrogen-bond acceptors (Lipinski definition) is 3. The molecule has 1 N–H and O–H groups in total. The molecule has 4 nitrogen and oxygen atoms in total. The van der Waals surface area contributed by atoms with E-state index in [2.05, 4.69) is 5.32 Å². The van der Waals surface area contributed by atoms with Gasteiger partial charge >= 0.3 is 6.18 Å². The average Bonchev–Trinajstić information content (AvgIpc) is 2.64. The predicted octanol–water partition coefficient (Wildman–Crippen LogP) is 5.00. The first-order valence-corrected chi connectivity index (χ1v) is 9.21. The van der Waals surface area contributed by atoms with Gasteiger partial charge in [-0.15, -0.1) is 0 Å². The zero-order valence-corrected chi connectivity index (χ0v) is 16.5. The summed E-state index contributed by atoms with van der Waals surface area (Å²) in [6.45, 7) is 6.02. The van der Waals surface area contributed by atoms with E-state index in [-0.39, 0.29) is 11.7 Å². The van der Waals surface area contributed by atoms with Gasteiger partial charge in [0.05, 0.1) is 17.2 Å². The maximum atomic E-state index is 13.2. The topological polar surface area (TPSA) is 62.1 Å². The second-order valence-corrected chi connectivity index (χ2v) is 7.26. The maximum absolute atomic E-state index is 13.2. The molecule has 1 atom stereocenters. The van der Waals surface area contributed by atoms with Crippen molar-refractivity contribution in [3.05, 3.63) is 64.7 Å². The van der Waals surface area contributed by atoms with Crippen LogP contribution < -0.4 is 10.1 Å². The third-order valence-electron chi connectivity index (χ3n) is 4.22. The van der Waals surface area contributed by atoms with E-state index in [4.69, 9.17) is 10.00 Å². The molecule has 0 aliphatic rings. The van der Waals surface area contributed by atoms with E-state index >= 15 is 0 Å². The van der Waals surface area contributed by atoms with Crippen LogP contribution in [0.15, 0.2) is 42.5 Å². The summed E-state index contributed by atoms with van der Waals surface area (Å²) in [5, 5.41) is 11.7. The number of nitriles is 1. The largest absolute Gasteiger partial charge is 0.481 e. The Bertz CT molecular complexity index is 902. The predicted molar refractivity (Wildman–Crippen MR) is 103 cm³/mol. The molecule has 0 bridgehead atoms. The molecule has 29 heavy (non-hydrogen) atoms. The summed E-state index contributed by atoms with van der Waals surface area (Å²) in [5.74, 6) is -0.420. The van der Waals surface area contributed by atoms with E-state index in [9.17, 15) is 18.0 Å². The van der Waals surface area contributed by atoms with Gasteiger partial charge in [0.15, 0.2) is 6.10 Å². The molecule has 7 heteroatoms. The number of rotatable bonds is 7. The Labute approximate surface area is 168 Å². The summed E-state index contributed by atoms with van der Waals surface area (Å²) in [6, 6.07) is 12.3. The minimum absolute atomic E-state index is 0.0881. The molecule has 0 spiro atoms. The highest BCUT2D eigenvalue weighted by Gasteiger charge is 2.34. The molecule has 0 aliphatic carbocycles. The van der Waals surface area contributed by atoms with Gasteiger partial charge in [-0.2, -0.15) is 18.4 Å². The van der Waals surface area contributed by atoms with Crippen molar-refractivity contribution in [1.82, 2.24) is 5.32 Å². The minimum Gasteiger partial charge on any atom is -0.481 e. The van der Waals surface area contributed by atoms with E-state index in [1.54, 1.807) is 0 Å². The Balaban J connectivity index is 2.18. The number of nitrogens with one attached hydrogen (secondary N) is 1. The number of carbonyl (C=O) groups excluding carboxylic acids is 1. The SMILES string of the molecule is Cc1cccc(CNC(=O)C(CC(C)C)Oc2ccc(C#N)c(C(F)(F)F)c2)c1. The summed E-state index contributed by atoms with van der Waals surface area (Å²) >= 11 is 0. The highest BCUT2D eigenvalue weighted by Crippen LogP contribution is 2.34. The normalized spacial score (nSPS) is 12.3. The van der Waals surface area contributed by atoms with Crippen molar-refractivity contribution < 1.29 is 22.7 Å². The number of ether oxygens (including phenoxy) is 1. The number of hydrogen-bond donors (Lipinski definition) is 1. The van der Waals surface area contributed by atoms with E-state index < -0.39 is 29.3 Å². The number of alkyl halides is 3. The summed E-state index contributed by atoms with van der Waals surface area (Å²) < 4.78 is 45.1. The summed E-state index contributed by atoms with van der Waals surface area (Å²) in [5.41, 5.74) is 0.401. The lowest BCUT2D eigenvalue weighted by Crippen LogP contribution is -2.39. The zero-order valence-electron chi connectivity index (χ0n) is 16.5. The van der Waals surface area contributed by atoms with Crippen LogP contribution in [0.4, 0.5) is 13.2 Å². The Morgan fingerprint density at radius 2 is 1.93 bits per heavy atom. The van der Waals surface area contributed by atoms with Crippen LogP contribution >= 0.6 is 0 Å². The second kappa shape index (κ2) is 9.46. The Morgan fingerprint density at radius 3 is 2.52 bits per heavy atom. The second-order valence-electron chi connectivity index (χ2n) is 7.26. The van der Waals surface area contributed by atoms with Crippen LogP contribution in [-0.2, 0) is 17.5 Å². The lowest BCUT2D eigenvalue weighted by atomic mass is 10.0. The number of carbonyl (C=O) groups is 1. The molecule has 1 unspecified atom stereocenters. The van der Waals surface area contributed by atoms with Gasteiger partial charge in [-0.3, -0.25) is 4.79 Å². The van der Waals surface area contributed by atoms with Crippen LogP contribution in [-0.4, -0.2) is 12.0 Å². The van der Waals surface area contributed by atoms with Gasteiger partial charge in [0.2, 0.25) is 0 Å². The smallest absolute Gasteiger partial charge is 0.417 e. The van der Waals surface area contributed by atoms with Crippen molar-refractivity contribution in [2.75, 3.05) is 0 Å².